The molecule has 4 heteroatoms. The van der Waals surface area contributed by atoms with E-state index in [0.29, 0.717) is 11.1 Å². The fourth-order valence-electron chi connectivity index (χ4n) is 1.38. The Kier molecular flexibility index (Phi) is 3.06. The Morgan fingerprint density at radius 2 is 2.19 bits per heavy atom. The summed E-state index contributed by atoms with van der Waals surface area (Å²) in [5.74, 6) is -0.740. The van der Waals surface area contributed by atoms with Crippen LogP contribution in [0.2, 0.25) is 5.02 Å². The second kappa shape index (κ2) is 4.49. The van der Waals surface area contributed by atoms with Gasteiger partial charge in [-0.05, 0) is 17.7 Å². The highest BCUT2D eigenvalue weighted by atomic mass is 35.5. The van der Waals surface area contributed by atoms with E-state index < -0.39 is 5.82 Å². The number of halogens is 2. The minimum atomic E-state index is -0.541. The molecule has 0 aliphatic heterocycles. The van der Waals surface area contributed by atoms with Crippen molar-refractivity contribution in [3.05, 3.63) is 58.8 Å². The van der Waals surface area contributed by atoms with Gasteiger partial charge >= 0.3 is 0 Å². The summed E-state index contributed by atoms with van der Waals surface area (Å²) in [5, 5.41) is 0.0255. The van der Waals surface area contributed by atoms with Crippen LogP contribution >= 0.6 is 11.6 Å². The lowest BCUT2D eigenvalue weighted by atomic mass is 10.1. The van der Waals surface area contributed by atoms with E-state index >= 15 is 0 Å². The minimum absolute atomic E-state index is 0.0219. The predicted octanol–water partition coefficient (Wildman–Crippen LogP) is 3.50. The van der Waals surface area contributed by atoms with E-state index in [2.05, 4.69) is 0 Å². The normalized spacial score (nSPS) is 10.4. The Hall–Kier alpha value is -1.61. The van der Waals surface area contributed by atoms with Gasteiger partial charge in [0.2, 0.25) is 0 Å². The summed E-state index contributed by atoms with van der Waals surface area (Å²) in [6.07, 6.45) is 2.72. The average Bonchev–Trinajstić information content (AvgIpc) is 2.78. The fourth-order valence-corrected chi connectivity index (χ4v) is 1.58. The summed E-state index contributed by atoms with van der Waals surface area (Å²) >= 11 is 5.62. The maximum absolute atomic E-state index is 13.5. The molecule has 82 valence electrons. The summed E-state index contributed by atoms with van der Waals surface area (Å²) in [7, 11) is 0. The first-order valence-electron chi connectivity index (χ1n) is 4.67. The van der Waals surface area contributed by atoms with Crippen molar-refractivity contribution in [1.82, 2.24) is 0 Å². The maximum Gasteiger partial charge on any atom is 0.170 e. The molecule has 2 aromatic rings. The highest BCUT2D eigenvalue weighted by molar-refractivity contribution is 6.30. The van der Waals surface area contributed by atoms with Gasteiger partial charge in [0, 0.05) is 6.42 Å². The van der Waals surface area contributed by atoms with Gasteiger partial charge in [-0.2, -0.15) is 0 Å². The number of carbonyl (C=O) groups excluding carboxylic acids is 1. The van der Waals surface area contributed by atoms with Crippen LogP contribution in [0.25, 0.3) is 0 Å². The van der Waals surface area contributed by atoms with Gasteiger partial charge in [-0.15, -0.1) is 0 Å². The SMILES string of the molecule is O=C(Cc1cccc(Cl)c1F)c1ccoc1. The Bertz CT molecular complexity index is 506. The van der Waals surface area contributed by atoms with E-state index in [9.17, 15) is 9.18 Å². The molecule has 0 aliphatic rings. The van der Waals surface area contributed by atoms with Crippen LogP contribution in [0.4, 0.5) is 4.39 Å². The fraction of sp³-hybridized carbons (Fsp3) is 0.0833. The number of rotatable bonds is 3. The van der Waals surface area contributed by atoms with Crippen molar-refractivity contribution >= 4 is 17.4 Å². The van der Waals surface area contributed by atoms with Gasteiger partial charge in [0.15, 0.2) is 5.78 Å². The molecule has 16 heavy (non-hydrogen) atoms. The third-order valence-corrected chi connectivity index (χ3v) is 2.52. The van der Waals surface area contributed by atoms with Crippen molar-refractivity contribution in [3.63, 3.8) is 0 Å². The van der Waals surface area contributed by atoms with Crippen LogP contribution < -0.4 is 0 Å². The molecule has 1 aromatic heterocycles. The van der Waals surface area contributed by atoms with Gasteiger partial charge in [0.25, 0.3) is 0 Å². The number of benzene rings is 1. The van der Waals surface area contributed by atoms with Gasteiger partial charge < -0.3 is 4.42 Å². The monoisotopic (exact) mass is 238 g/mol. The summed E-state index contributed by atoms with van der Waals surface area (Å²) < 4.78 is 18.3. The number of Topliss-reactive ketones (excluding diaryl/α,β-unsaturated/α-hetero) is 1. The molecule has 0 N–H and O–H groups in total. The van der Waals surface area contributed by atoms with E-state index in [1.54, 1.807) is 18.2 Å². The molecule has 0 unspecified atom stereocenters. The van der Waals surface area contributed by atoms with Crippen LogP contribution in [0.3, 0.4) is 0 Å². The lowest BCUT2D eigenvalue weighted by Crippen LogP contribution is -2.04. The molecule has 0 amide bonds. The Morgan fingerprint density at radius 1 is 1.38 bits per heavy atom. The molecule has 0 spiro atoms. The zero-order valence-electron chi connectivity index (χ0n) is 8.24. The van der Waals surface area contributed by atoms with Gasteiger partial charge in [0.05, 0.1) is 16.8 Å². The highest BCUT2D eigenvalue weighted by Gasteiger charge is 2.12. The van der Waals surface area contributed by atoms with Gasteiger partial charge in [0.1, 0.15) is 12.1 Å². The Morgan fingerprint density at radius 3 is 2.88 bits per heavy atom. The lowest BCUT2D eigenvalue weighted by Gasteiger charge is -2.02. The van der Waals surface area contributed by atoms with Gasteiger partial charge in [-0.3, -0.25) is 4.79 Å². The molecular weight excluding hydrogens is 231 g/mol. The second-order valence-electron chi connectivity index (χ2n) is 3.32. The van der Waals surface area contributed by atoms with Crippen LogP contribution in [-0.2, 0) is 6.42 Å². The van der Waals surface area contributed by atoms with Crippen LogP contribution in [-0.4, -0.2) is 5.78 Å². The molecule has 0 fully saturated rings. The van der Waals surface area contributed by atoms with E-state index in [-0.39, 0.29) is 17.2 Å². The number of hydrogen-bond donors (Lipinski definition) is 0. The molecule has 0 radical (unpaired) electrons. The van der Waals surface area contributed by atoms with Crippen LogP contribution in [0.5, 0.6) is 0 Å². The smallest absolute Gasteiger partial charge is 0.170 e. The van der Waals surface area contributed by atoms with Crippen LogP contribution in [0, 0.1) is 5.82 Å². The number of hydrogen-bond acceptors (Lipinski definition) is 2. The molecule has 2 nitrogen and oxygen atoms in total. The van der Waals surface area contributed by atoms with E-state index in [0.717, 1.165) is 0 Å². The van der Waals surface area contributed by atoms with Crippen molar-refractivity contribution in [1.29, 1.82) is 0 Å². The molecule has 0 saturated heterocycles. The predicted molar refractivity (Wildman–Crippen MR) is 58.2 cm³/mol. The largest absolute Gasteiger partial charge is 0.472 e. The van der Waals surface area contributed by atoms with E-state index in [4.69, 9.17) is 16.0 Å². The zero-order chi connectivity index (χ0) is 11.5. The molecule has 0 bridgehead atoms. The van der Waals surface area contributed by atoms with Crippen molar-refractivity contribution < 1.29 is 13.6 Å². The van der Waals surface area contributed by atoms with Crippen LogP contribution in [0.15, 0.2) is 41.2 Å². The third-order valence-electron chi connectivity index (χ3n) is 2.23. The van der Waals surface area contributed by atoms with E-state index in [1.165, 1.54) is 18.6 Å². The Balaban J connectivity index is 2.22. The first-order valence-corrected chi connectivity index (χ1v) is 5.04. The average molecular weight is 239 g/mol. The second-order valence-corrected chi connectivity index (χ2v) is 3.73. The number of carbonyl (C=O) groups is 1. The lowest BCUT2D eigenvalue weighted by molar-refractivity contribution is 0.0991. The minimum Gasteiger partial charge on any atom is -0.472 e. The van der Waals surface area contributed by atoms with Crippen molar-refractivity contribution in [2.45, 2.75) is 6.42 Å². The van der Waals surface area contributed by atoms with Crippen molar-refractivity contribution in [2.24, 2.45) is 0 Å². The van der Waals surface area contributed by atoms with E-state index in [1.807, 2.05) is 0 Å². The standard InChI is InChI=1S/C12H8ClFO2/c13-10-3-1-2-8(12(10)14)6-11(15)9-4-5-16-7-9/h1-5,7H,6H2. The van der Waals surface area contributed by atoms with Gasteiger partial charge in [-0.25, -0.2) is 4.39 Å². The molecule has 1 heterocycles. The molecule has 0 atom stereocenters. The summed E-state index contributed by atoms with van der Waals surface area (Å²) in [5.41, 5.74) is 0.720. The van der Waals surface area contributed by atoms with Crippen molar-refractivity contribution in [3.8, 4) is 0 Å². The topological polar surface area (TPSA) is 30.2 Å². The molecule has 0 aliphatic carbocycles. The van der Waals surface area contributed by atoms with Crippen molar-refractivity contribution in [2.75, 3.05) is 0 Å². The van der Waals surface area contributed by atoms with Crippen LogP contribution in [0.1, 0.15) is 15.9 Å². The van der Waals surface area contributed by atoms with Gasteiger partial charge in [-0.1, -0.05) is 23.7 Å². The summed E-state index contributed by atoms with van der Waals surface area (Å²) in [6, 6.07) is 6.15. The first kappa shape index (κ1) is 10.9. The molecular formula is C12H8ClFO2. The first-order chi connectivity index (χ1) is 7.68. The number of ketones is 1. The maximum atomic E-state index is 13.5. The number of furan rings is 1. The Labute approximate surface area is 96.6 Å². The third kappa shape index (κ3) is 2.14. The zero-order valence-corrected chi connectivity index (χ0v) is 9.00. The molecule has 2 rings (SSSR count). The molecule has 0 saturated carbocycles. The molecule has 1 aromatic carbocycles. The summed E-state index contributed by atoms with van der Waals surface area (Å²) in [6.45, 7) is 0. The quantitative estimate of drug-likeness (QED) is 0.766. The highest BCUT2D eigenvalue weighted by Crippen LogP contribution is 2.19. The summed E-state index contributed by atoms with van der Waals surface area (Å²) in [4.78, 5) is 11.7.